The maximum absolute atomic E-state index is 5.45. The molecule has 5 nitrogen and oxygen atoms in total. The SMILES string of the molecule is CCN=C(NN)N1CCN(C)CC1C. The number of likely N-dealkylation sites (N-methyl/N-ethyl adjacent to an activating group) is 1. The Morgan fingerprint density at radius 3 is 2.79 bits per heavy atom. The highest BCUT2D eigenvalue weighted by molar-refractivity contribution is 5.79. The summed E-state index contributed by atoms with van der Waals surface area (Å²) in [5.41, 5.74) is 2.68. The molecule has 0 aromatic rings. The largest absolute Gasteiger partial charge is 0.337 e. The molecule has 0 aliphatic carbocycles. The third-order valence-electron chi connectivity index (χ3n) is 2.54. The minimum Gasteiger partial charge on any atom is -0.337 e. The first-order chi connectivity index (χ1) is 6.69. The predicted molar refractivity (Wildman–Crippen MR) is 59.0 cm³/mol. The highest BCUT2D eigenvalue weighted by Crippen LogP contribution is 2.07. The highest BCUT2D eigenvalue weighted by Gasteiger charge is 2.23. The van der Waals surface area contributed by atoms with E-state index < -0.39 is 0 Å². The lowest BCUT2D eigenvalue weighted by molar-refractivity contribution is 0.157. The molecule has 1 rings (SSSR count). The summed E-state index contributed by atoms with van der Waals surface area (Å²) in [5, 5.41) is 0. The molecule has 0 amide bonds. The van der Waals surface area contributed by atoms with Gasteiger partial charge in [0.2, 0.25) is 5.96 Å². The molecular weight excluding hydrogens is 178 g/mol. The fraction of sp³-hybridized carbons (Fsp3) is 0.889. The van der Waals surface area contributed by atoms with Crippen LogP contribution in [-0.2, 0) is 0 Å². The number of guanidine groups is 1. The summed E-state index contributed by atoms with van der Waals surface area (Å²) >= 11 is 0. The minimum absolute atomic E-state index is 0.468. The lowest BCUT2D eigenvalue weighted by Crippen LogP contribution is -2.57. The van der Waals surface area contributed by atoms with E-state index in [1.165, 1.54) is 0 Å². The molecule has 0 bridgehead atoms. The van der Waals surface area contributed by atoms with Crippen LogP contribution in [0, 0.1) is 0 Å². The number of nitrogens with zero attached hydrogens (tertiary/aromatic N) is 3. The number of aliphatic imine (C=N–C) groups is 1. The molecule has 0 aromatic heterocycles. The topological polar surface area (TPSA) is 56.9 Å². The van der Waals surface area contributed by atoms with E-state index in [2.05, 4.69) is 34.2 Å². The van der Waals surface area contributed by atoms with E-state index in [-0.39, 0.29) is 0 Å². The Morgan fingerprint density at radius 1 is 1.57 bits per heavy atom. The number of piperazine rings is 1. The lowest BCUT2D eigenvalue weighted by Gasteiger charge is -2.39. The van der Waals surface area contributed by atoms with Gasteiger partial charge in [0.25, 0.3) is 0 Å². The zero-order valence-corrected chi connectivity index (χ0v) is 9.32. The van der Waals surface area contributed by atoms with Gasteiger partial charge in [-0.2, -0.15) is 0 Å². The molecule has 3 N–H and O–H groups in total. The molecule has 1 fully saturated rings. The fourth-order valence-corrected chi connectivity index (χ4v) is 1.82. The maximum atomic E-state index is 5.45. The van der Waals surface area contributed by atoms with Crippen LogP contribution in [0.4, 0.5) is 0 Å². The van der Waals surface area contributed by atoms with Crippen LogP contribution in [0.3, 0.4) is 0 Å². The Bertz CT molecular complexity index is 203. The van der Waals surface area contributed by atoms with Gasteiger partial charge in [-0.05, 0) is 20.9 Å². The van der Waals surface area contributed by atoms with Crippen LogP contribution in [0.5, 0.6) is 0 Å². The summed E-state index contributed by atoms with van der Waals surface area (Å²) in [6, 6.07) is 0.468. The molecular formula is C9H21N5. The van der Waals surface area contributed by atoms with Crippen molar-refractivity contribution in [2.75, 3.05) is 33.2 Å². The zero-order valence-electron chi connectivity index (χ0n) is 9.32. The van der Waals surface area contributed by atoms with Crippen LogP contribution in [0.1, 0.15) is 13.8 Å². The second-order valence-electron chi connectivity index (χ2n) is 3.75. The van der Waals surface area contributed by atoms with Crippen molar-refractivity contribution in [3.8, 4) is 0 Å². The van der Waals surface area contributed by atoms with E-state index in [0.29, 0.717) is 6.04 Å². The Morgan fingerprint density at radius 2 is 2.29 bits per heavy atom. The van der Waals surface area contributed by atoms with Gasteiger partial charge in [0.15, 0.2) is 0 Å². The molecule has 1 saturated heterocycles. The van der Waals surface area contributed by atoms with Crippen LogP contribution in [0.25, 0.3) is 0 Å². The Hall–Kier alpha value is -0.810. The Labute approximate surface area is 85.9 Å². The summed E-state index contributed by atoms with van der Waals surface area (Å²) < 4.78 is 0. The molecule has 1 aliphatic heterocycles. The van der Waals surface area contributed by atoms with Crippen LogP contribution < -0.4 is 11.3 Å². The van der Waals surface area contributed by atoms with E-state index in [9.17, 15) is 0 Å². The highest BCUT2D eigenvalue weighted by atomic mass is 15.4. The van der Waals surface area contributed by atoms with Crippen molar-refractivity contribution in [3.05, 3.63) is 0 Å². The van der Waals surface area contributed by atoms with Crippen LogP contribution >= 0.6 is 0 Å². The van der Waals surface area contributed by atoms with Gasteiger partial charge in [0, 0.05) is 32.2 Å². The third kappa shape index (κ3) is 2.59. The van der Waals surface area contributed by atoms with Crippen molar-refractivity contribution in [2.24, 2.45) is 10.8 Å². The first-order valence-electron chi connectivity index (χ1n) is 5.15. The monoisotopic (exact) mass is 199 g/mol. The normalized spacial score (nSPS) is 25.3. The maximum Gasteiger partial charge on any atom is 0.208 e. The number of nitrogens with two attached hydrogens (primary N) is 1. The van der Waals surface area contributed by atoms with E-state index >= 15 is 0 Å². The van der Waals surface area contributed by atoms with Gasteiger partial charge in [-0.25, -0.2) is 5.84 Å². The Balaban J connectivity index is 2.62. The van der Waals surface area contributed by atoms with Gasteiger partial charge in [-0.1, -0.05) is 0 Å². The molecule has 5 heteroatoms. The molecule has 14 heavy (non-hydrogen) atoms. The second-order valence-corrected chi connectivity index (χ2v) is 3.75. The minimum atomic E-state index is 0.468. The van der Waals surface area contributed by atoms with E-state index in [4.69, 9.17) is 5.84 Å². The second kappa shape index (κ2) is 5.17. The molecule has 0 spiro atoms. The number of nitrogens with one attached hydrogen (secondary N) is 1. The van der Waals surface area contributed by atoms with Crippen LogP contribution in [0.15, 0.2) is 4.99 Å². The lowest BCUT2D eigenvalue weighted by atomic mass is 10.2. The molecule has 1 atom stereocenters. The summed E-state index contributed by atoms with van der Waals surface area (Å²) in [5.74, 6) is 6.26. The predicted octanol–water partition coefficient (Wildman–Crippen LogP) is -0.538. The van der Waals surface area contributed by atoms with Crippen molar-refractivity contribution in [1.29, 1.82) is 0 Å². The van der Waals surface area contributed by atoms with Crippen molar-refractivity contribution < 1.29 is 0 Å². The number of hydrogen-bond donors (Lipinski definition) is 2. The first kappa shape index (κ1) is 11.3. The van der Waals surface area contributed by atoms with Gasteiger partial charge < -0.3 is 9.80 Å². The smallest absolute Gasteiger partial charge is 0.208 e. The molecule has 1 aliphatic rings. The van der Waals surface area contributed by atoms with E-state index in [0.717, 1.165) is 32.1 Å². The summed E-state index contributed by atoms with van der Waals surface area (Å²) in [6.45, 7) is 8.08. The molecule has 0 aromatic carbocycles. The van der Waals surface area contributed by atoms with Gasteiger partial charge in [-0.3, -0.25) is 10.4 Å². The van der Waals surface area contributed by atoms with Gasteiger partial charge in [-0.15, -0.1) is 0 Å². The van der Waals surface area contributed by atoms with Gasteiger partial charge in [0.1, 0.15) is 0 Å². The molecule has 0 saturated carbocycles. The van der Waals surface area contributed by atoms with Gasteiger partial charge in [0.05, 0.1) is 0 Å². The number of hydrogen-bond acceptors (Lipinski definition) is 3. The quantitative estimate of drug-likeness (QED) is 0.258. The molecule has 82 valence electrons. The summed E-state index contributed by atoms with van der Waals surface area (Å²) in [6.07, 6.45) is 0. The van der Waals surface area contributed by atoms with Gasteiger partial charge >= 0.3 is 0 Å². The third-order valence-corrected chi connectivity index (χ3v) is 2.54. The van der Waals surface area contributed by atoms with E-state index in [1.807, 2.05) is 6.92 Å². The standard InChI is InChI=1S/C9H21N5/c1-4-11-9(12-10)14-6-5-13(3)7-8(14)2/h8H,4-7,10H2,1-3H3,(H,11,12). The average molecular weight is 199 g/mol. The fourth-order valence-electron chi connectivity index (χ4n) is 1.82. The van der Waals surface area contributed by atoms with Crippen molar-refractivity contribution in [1.82, 2.24) is 15.2 Å². The van der Waals surface area contributed by atoms with Crippen LogP contribution in [0.2, 0.25) is 0 Å². The summed E-state index contributed by atoms with van der Waals surface area (Å²) in [7, 11) is 2.14. The van der Waals surface area contributed by atoms with Crippen LogP contribution in [-0.4, -0.2) is 55.0 Å². The molecule has 0 radical (unpaired) electrons. The van der Waals surface area contributed by atoms with Crippen molar-refractivity contribution in [2.45, 2.75) is 19.9 Å². The number of rotatable bonds is 1. The average Bonchev–Trinajstić information content (AvgIpc) is 2.15. The van der Waals surface area contributed by atoms with Crippen molar-refractivity contribution in [3.63, 3.8) is 0 Å². The zero-order chi connectivity index (χ0) is 10.6. The van der Waals surface area contributed by atoms with E-state index in [1.54, 1.807) is 0 Å². The summed E-state index contributed by atoms with van der Waals surface area (Å²) in [4.78, 5) is 8.88. The Kier molecular flexibility index (Phi) is 4.16. The first-order valence-corrected chi connectivity index (χ1v) is 5.15. The molecule has 1 heterocycles. The number of hydrazine groups is 1. The van der Waals surface area contributed by atoms with Crippen molar-refractivity contribution >= 4 is 5.96 Å². The molecule has 1 unspecified atom stereocenters.